The van der Waals surface area contributed by atoms with Gasteiger partial charge in [-0.05, 0) is 25.0 Å². The molecule has 0 bridgehead atoms. The summed E-state index contributed by atoms with van der Waals surface area (Å²) < 4.78 is 1.86. The van der Waals surface area contributed by atoms with Gasteiger partial charge in [-0.2, -0.15) is 5.10 Å². The monoisotopic (exact) mass is 275 g/mol. The molecule has 3 nitrogen and oxygen atoms in total. The Balaban J connectivity index is 1.96. The van der Waals surface area contributed by atoms with Crippen molar-refractivity contribution in [3.8, 4) is 0 Å². The molecule has 0 spiro atoms. The van der Waals surface area contributed by atoms with E-state index in [-0.39, 0.29) is 5.54 Å². The van der Waals surface area contributed by atoms with E-state index in [1.807, 2.05) is 11.7 Å². The number of halogens is 1. The van der Waals surface area contributed by atoms with E-state index in [0.717, 1.165) is 17.1 Å². The number of hydrogen-bond acceptors (Lipinski definition) is 2. The van der Waals surface area contributed by atoms with Crippen LogP contribution in [-0.2, 0) is 19.0 Å². The fourth-order valence-corrected chi connectivity index (χ4v) is 3.22. The highest BCUT2D eigenvalue weighted by Gasteiger charge is 2.36. The van der Waals surface area contributed by atoms with E-state index < -0.39 is 0 Å². The molecular weight excluding hydrogens is 258 g/mol. The van der Waals surface area contributed by atoms with Crippen LogP contribution in [0.4, 0.5) is 0 Å². The number of benzene rings is 1. The molecule has 0 saturated carbocycles. The first-order chi connectivity index (χ1) is 8.99. The van der Waals surface area contributed by atoms with Crippen LogP contribution in [-0.4, -0.2) is 9.78 Å². The molecule has 4 heteroatoms. The molecule has 1 atom stereocenters. The van der Waals surface area contributed by atoms with Crippen molar-refractivity contribution in [2.45, 2.75) is 31.8 Å². The first kappa shape index (κ1) is 12.7. The highest BCUT2D eigenvalue weighted by atomic mass is 35.5. The van der Waals surface area contributed by atoms with Gasteiger partial charge in [-0.1, -0.05) is 35.9 Å². The van der Waals surface area contributed by atoms with Gasteiger partial charge in [-0.3, -0.25) is 4.68 Å². The molecule has 100 valence electrons. The van der Waals surface area contributed by atoms with Crippen molar-refractivity contribution in [3.63, 3.8) is 0 Å². The summed E-state index contributed by atoms with van der Waals surface area (Å²) in [6.07, 6.45) is 2.57. The Hall–Kier alpha value is -1.32. The Morgan fingerprint density at radius 2 is 2.11 bits per heavy atom. The SMILES string of the molecule is Cn1ncc(Cl)c1CC1NC(C)(C)c2ccccc21. The Morgan fingerprint density at radius 3 is 2.79 bits per heavy atom. The van der Waals surface area contributed by atoms with Crippen molar-refractivity contribution in [1.29, 1.82) is 0 Å². The summed E-state index contributed by atoms with van der Waals surface area (Å²) in [4.78, 5) is 0. The molecule has 1 aliphatic rings. The van der Waals surface area contributed by atoms with Gasteiger partial charge in [0.2, 0.25) is 0 Å². The summed E-state index contributed by atoms with van der Waals surface area (Å²) in [6.45, 7) is 4.44. The first-order valence-corrected chi connectivity index (χ1v) is 6.90. The van der Waals surface area contributed by atoms with Gasteiger partial charge in [-0.15, -0.1) is 0 Å². The van der Waals surface area contributed by atoms with E-state index in [0.29, 0.717) is 6.04 Å². The third kappa shape index (κ3) is 2.07. The minimum absolute atomic E-state index is 0.00628. The summed E-state index contributed by atoms with van der Waals surface area (Å²) in [7, 11) is 1.94. The van der Waals surface area contributed by atoms with Crippen LogP contribution in [0.1, 0.15) is 36.7 Å². The van der Waals surface area contributed by atoms with Gasteiger partial charge in [0, 0.05) is 25.0 Å². The predicted octanol–water partition coefficient (Wildman–Crippen LogP) is 3.20. The maximum absolute atomic E-state index is 6.21. The van der Waals surface area contributed by atoms with Gasteiger partial charge >= 0.3 is 0 Å². The largest absolute Gasteiger partial charge is 0.301 e. The molecule has 0 aliphatic carbocycles. The molecular formula is C15H18ClN3. The van der Waals surface area contributed by atoms with E-state index in [1.54, 1.807) is 6.20 Å². The van der Waals surface area contributed by atoms with Crippen LogP contribution in [0, 0.1) is 0 Å². The number of aromatic nitrogens is 2. The van der Waals surface area contributed by atoms with Crippen molar-refractivity contribution in [2.24, 2.45) is 7.05 Å². The minimum atomic E-state index is 0.00628. The van der Waals surface area contributed by atoms with E-state index in [1.165, 1.54) is 11.1 Å². The smallest absolute Gasteiger partial charge is 0.0818 e. The van der Waals surface area contributed by atoms with E-state index in [9.17, 15) is 0 Å². The molecule has 1 N–H and O–H groups in total. The number of fused-ring (bicyclic) bond motifs is 1. The molecule has 1 aliphatic heterocycles. The Labute approximate surface area is 118 Å². The lowest BCUT2D eigenvalue weighted by atomic mass is 9.93. The molecule has 2 aromatic rings. The van der Waals surface area contributed by atoms with Crippen LogP contribution in [0.3, 0.4) is 0 Å². The maximum atomic E-state index is 6.21. The molecule has 0 radical (unpaired) electrons. The molecule has 0 amide bonds. The minimum Gasteiger partial charge on any atom is -0.301 e. The number of nitrogens with one attached hydrogen (secondary N) is 1. The zero-order valence-electron chi connectivity index (χ0n) is 11.4. The number of rotatable bonds is 2. The fraction of sp³-hybridized carbons (Fsp3) is 0.400. The average Bonchev–Trinajstić information content (AvgIpc) is 2.82. The highest BCUT2D eigenvalue weighted by Crippen LogP contribution is 2.38. The molecule has 3 rings (SSSR count). The lowest BCUT2D eigenvalue weighted by Gasteiger charge is -2.21. The number of hydrogen-bond donors (Lipinski definition) is 1. The number of nitrogens with zero attached hydrogens (tertiary/aromatic N) is 2. The van der Waals surface area contributed by atoms with Crippen LogP contribution in [0.5, 0.6) is 0 Å². The van der Waals surface area contributed by atoms with Gasteiger partial charge in [-0.25, -0.2) is 0 Å². The number of aryl methyl sites for hydroxylation is 1. The zero-order valence-corrected chi connectivity index (χ0v) is 12.2. The Kier molecular flexibility index (Phi) is 2.91. The summed E-state index contributed by atoms with van der Waals surface area (Å²) in [6, 6.07) is 8.89. The van der Waals surface area contributed by atoms with Crippen LogP contribution >= 0.6 is 11.6 Å². The van der Waals surface area contributed by atoms with Crippen molar-refractivity contribution >= 4 is 11.6 Å². The molecule has 2 heterocycles. The Bertz CT molecular complexity index is 596. The normalized spacial score (nSPS) is 20.5. The average molecular weight is 276 g/mol. The highest BCUT2D eigenvalue weighted by molar-refractivity contribution is 6.31. The van der Waals surface area contributed by atoms with Crippen LogP contribution in [0.25, 0.3) is 0 Å². The van der Waals surface area contributed by atoms with Crippen LogP contribution in [0.2, 0.25) is 5.02 Å². The third-order valence-corrected chi connectivity index (χ3v) is 4.27. The summed E-state index contributed by atoms with van der Waals surface area (Å²) in [5.41, 5.74) is 3.82. The lowest BCUT2D eigenvalue weighted by molar-refractivity contribution is 0.386. The maximum Gasteiger partial charge on any atom is 0.0818 e. The third-order valence-electron chi connectivity index (χ3n) is 3.95. The Morgan fingerprint density at radius 1 is 1.37 bits per heavy atom. The molecule has 19 heavy (non-hydrogen) atoms. The summed E-state index contributed by atoms with van der Waals surface area (Å²) >= 11 is 6.21. The molecule has 1 aromatic carbocycles. The second kappa shape index (κ2) is 4.36. The summed E-state index contributed by atoms with van der Waals surface area (Å²) in [5.74, 6) is 0. The predicted molar refractivity (Wildman–Crippen MR) is 77.3 cm³/mol. The van der Waals surface area contributed by atoms with Gasteiger partial charge in [0.15, 0.2) is 0 Å². The van der Waals surface area contributed by atoms with Gasteiger partial charge < -0.3 is 5.32 Å². The van der Waals surface area contributed by atoms with Crippen molar-refractivity contribution in [1.82, 2.24) is 15.1 Å². The summed E-state index contributed by atoms with van der Waals surface area (Å²) in [5, 5.41) is 8.64. The molecule has 1 unspecified atom stereocenters. The molecule has 0 saturated heterocycles. The van der Waals surface area contributed by atoms with Crippen LogP contribution in [0.15, 0.2) is 30.5 Å². The van der Waals surface area contributed by atoms with Gasteiger partial charge in [0.05, 0.1) is 16.9 Å². The van der Waals surface area contributed by atoms with Gasteiger partial charge in [0.1, 0.15) is 0 Å². The van der Waals surface area contributed by atoms with E-state index in [2.05, 4.69) is 48.5 Å². The van der Waals surface area contributed by atoms with E-state index in [4.69, 9.17) is 11.6 Å². The first-order valence-electron chi connectivity index (χ1n) is 6.52. The second-order valence-corrected chi connectivity index (χ2v) is 6.08. The van der Waals surface area contributed by atoms with Crippen molar-refractivity contribution < 1.29 is 0 Å². The fourth-order valence-electron chi connectivity index (χ4n) is 2.98. The second-order valence-electron chi connectivity index (χ2n) is 5.68. The quantitative estimate of drug-likeness (QED) is 0.912. The standard InChI is InChI=1S/C15H18ClN3/c1-15(2)11-7-5-4-6-10(11)13(18-15)8-14-12(16)9-17-19(14)3/h4-7,9,13,18H,8H2,1-3H3. The topological polar surface area (TPSA) is 29.9 Å². The van der Waals surface area contributed by atoms with Gasteiger partial charge in [0.25, 0.3) is 0 Å². The van der Waals surface area contributed by atoms with Crippen molar-refractivity contribution in [2.75, 3.05) is 0 Å². The lowest BCUT2D eigenvalue weighted by Crippen LogP contribution is -2.32. The van der Waals surface area contributed by atoms with Crippen LogP contribution < -0.4 is 5.32 Å². The zero-order chi connectivity index (χ0) is 13.6. The molecule has 1 aromatic heterocycles. The van der Waals surface area contributed by atoms with Crippen molar-refractivity contribution in [3.05, 3.63) is 52.3 Å². The molecule has 0 fully saturated rings. The van der Waals surface area contributed by atoms with E-state index >= 15 is 0 Å².